The molecule has 1 aromatic rings. The standard InChI is InChI=1S/C8H9ClN2O2S/c1-5-3-6(11-8(9)10-5)14-4-7(12)13-2/h3H,4H2,1-2H3. The summed E-state index contributed by atoms with van der Waals surface area (Å²) in [7, 11) is 1.35. The van der Waals surface area contributed by atoms with Gasteiger partial charge < -0.3 is 4.74 Å². The summed E-state index contributed by atoms with van der Waals surface area (Å²) >= 11 is 6.92. The summed E-state index contributed by atoms with van der Waals surface area (Å²) in [6.45, 7) is 1.82. The van der Waals surface area contributed by atoms with Crippen molar-refractivity contribution in [2.75, 3.05) is 12.9 Å². The summed E-state index contributed by atoms with van der Waals surface area (Å²) in [5.41, 5.74) is 0.775. The fourth-order valence-corrected chi connectivity index (χ4v) is 1.83. The normalized spacial score (nSPS) is 9.93. The monoisotopic (exact) mass is 232 g/mol. The summed E-state index contributed by atoms with van der Waals surface area (Å²) in [5, 5.41) is 0.866. The Balaban J connectivity index is 2.63. The van der Waals surface area contributed by atoms with E-state index in [9.17, 15) is 4.79 Å². The minimum Gasteiger partial charge on any atom is -0.468 e. The van der Waals surface area contributed by atoms with Crippen LogP contribution in [-0.4, -0.2) is 28.8 Å². The third-order valence-electron chi connectivity index (χ3n) is 1.37. The number of hydrogen-bond acceptors (Lipinski definition) is 5. The highest BCUT2D eigenvalue weighted by Gasteiger charge is 2.05. The van der Waals surface area contributed by atoms with E-state index in [-0.39, 0.29) is 17.0 Å². The minimum atomic E-state index is -0.289. The largest absolute Gasteiger partial charge is 0.468 e. The summed E-state index contributed by atoms with van der Waals surface area (Å²) in [5.74, 6) is -0.0640. The van der Waals surface area contributed by atoms with Crippen LogP contribution in [0.2, 0.25) is 5.28 Å². The second-order valence-electron chi connectivity index (χ2n) is 2.48. The molecule has 0 saturated heterocycles. The number of aromatic nitrogens is 2. The molecule has 76 valence electrons. The molecule has 14 heavy (non-hydrogen) atoms. The molecular weight excluding hydrogens is 224 g/mol. The van der Waals surface area contributed by atoms with E-state index in [1.165, 1.54) is 18.9 Å². The first-order valence-corrected chi connectivity index (χ1v) is 5.19. The van der Waals surface area contributed by atoms with Gasteiger partial charge in [0.25, 0.3) is 0 Å². The highest BCUT2D eigenvalue weighted by molar-refractivity contribution is 7.99. The van der Waals surface area contributed by atoms with Gasteiger partial charge in [0.05, 0.1) is 12.9 Å². The van der Waals surface area contributed by atoms with Crippen LogP contribution in [0.25, 0.3) is 0 Å². The number of esters is 1. The van der Waals surface area contributed by atoms with Crippen LogP contribution in [0, 0.1) is 6.92 Å². The highest BCUT2D eigenvalue weighted by atomic mass is 35.5. The third-order valence-corrected chi connectivity index (χ3v) is 2.42. The molecular formula is C8H9ClN2O2S. The Morgan fingerprint density at radius 2 is 2.36 bits per heavy atom. The lowest BCUT2D eigenvalue weighted by molar-refractivity contribution is -0.137. The molecule has 0 fully saturated rings. The molecule has 0 aliphatic rings. The number of carbonyl (C=O) groups is 1. The fourth-order valence-electron chi connectivity index (χ4n) is 0.770. The average molecular weight is 233 g/mol. The molecule has 0 spiro atoms. The Morgan fingerprint density at radius 1 is 1.64 bits per heavy atom. The van der Waals surface area contributed by atoms with Crippen LogP contribution in [0.4, 0.5) is 0 Å². The SMILES string of the molecule is COC(=O)CSc1cc(C)nc(Cl)n1. The number of nitrogens with zero attached hydrogens (tertiary/aromatic N) is 2. The zero-order chi connectivity index (χ0) is 10.6. The molecule has 0 saturated carbocycles. The van der Waals surface area contributed by atoms with Gasteiger partial charge >= 0.3 is 5.97 Å². The van der Waals surface area contributed by atoms with Crippen LogP contribution >= 0.6 is 23.4 Å². The van der Waals surface area contributed by atoms with E-state index in [1.54, 1.807) is 6.07 Å². The molecule has 4 nitrogen and oxygen atoms in total. The number of carbonyl (C=O) groups excluding carboxylic acids is 1. The van der Waals surface area contributed by atoms with E-state index in [0.29, 0.717) is 5.03 Å². The Hall–Kier alpha value is -0.810. The maximum atomic E-state index is 10.8. The average Bonchev–Trinajstić information content (AvgIpc) is 2.12. The lowest BCUT2D eigenvalue weighted by Gasteiger charge is -2.00. The predicted molar refractivity (Wildman–Crippen MR) is 54.5 cm³/mol. The van der Waals surface area contributed by atoms with Crippen molar-refractivity contribution in [1.29, 1.82) is 0 Å². The molecule has 6 heteroatoms. The van der Waals surface area contributed by atoms with E-state index < -0.39 is 0 Å². The lowest BCUT2D eigenvalue weighted by Crippen LogP contribution is -2.03. The van der Waals surface area contributed by atoms with Gasteiger partial charge in [0.1, 0.15) is 5.03 Å². The Kier molecular flexibility index (Phi) is 4.16. The maximum Gasteiger partial charge on any atom is 0.316 e. The molecule has 0 radical (unpaired) electrons. The fraction of sp³-hybridized carbons (Fsp3) is 0.375. The van der Waals surface area contributed by atoms with E-state index >= 15 is 0 Å². The number of rotatable bonds is 3. The van der Waals surface area contributed by atoms with Gasteiger partial charge in [-0.3, -0.25) is 4.79 Å². The van der Waals surface area contributed by atoms with Crippen molar-refractivity contribution in [3.8, 4) is 0 Å². The smallest absolute Gasteiger partial charge is 0.316 e. The van der Waals surface area contributed by atoms with Crippen molar-refractivity contribution in [1.82, 2.24) is 9.97 Å². The van der Waals surface area contributed by atoms with Crippen LogP contribution in [0.5, 0.6) is 0 Å². The molecule has 1 heterocycles. The molecule has 0 atom stereocenters. The molecule has 0 aromatic carbocycles. The maximum absolute atomic E-state index is 10.8. The summed E-state index contributed by atoms with van der Waals surface area (Å²) in [4.78, 5) is 18.7. The number of methoxy groups -OCH3 is 1. The Bertz CT molecular complexity index is 326. The minimum absolute atomic E-state index is 0.192. The van der Waals surface area contributed by atoms with Crippen LogP contribution in [0.15, 0.2) is 11.1 Å². The molecule has 0 amide bonds. The molecule has 0 aliphatic carbocycles. The third kappa shape index (κ3) is 3.51. The number of aryl methyl sites for hydroxylation is 1. The van der Waals surface area contributed by atoms with Gasteiger partial charge in [0.2, 0.25) is 5.28 Å². The summed E-state index contributed by atoms with van der Waals surface area (Å²) < 4.78 is 4.50. The second-order valence-corrected chi connectivity index (χ2v) is 3.82. The topological polar surface area (TPSA) is 52.1 Å². The molecule has 1 aromatic heterocycles. The van der Waals surface area contributed by atoms with E-state index in [2.05, 4.69) is 14.7 Å². The summed E-state index contributed by atoms with van der Waals surface area (Å²) in [6.07, 6.45) is 0. The number of ether oxygens (including phenoxy) is 1. The Labute approximate surface area is 91.0 Å². The van der Waals surface area contributed by atoms with Gasteiger partial charge in [-0.15, -0.1) is 0 Å². The van der Waals surface area contributed by atoms with Crippen LogP contribution in [-0.2, 0) is 9.53 Å². The van der Waals surface area contributed by atoms with Gasteiger partial charge in [-0.05, 0) is 24.6 Å². The van der Waals surface area contributed by atoms with Crippen molar-refractivity contribution >= 4 is 29.3 Å². The van der Waals surface area contributed by atoms with Crippen LogP contribution in [0.3, 0.4) is 0 Å². The van der Waals surface area contributed by atoms with Crippen molar-refractivity contribution < 1.29 is 9.53 Å². The highest BCUT2D eigenvalue weighted by Crippen LogP contribution is 2.17. The summed E-state index contributed by atoms with van der Waals surface area (Å²) in [6, 6.07) is 1.76. The Morgan fingerprint density at radius 3 is 2.93 bits per heavy atom. The first-order valence-electron chi connectivity index (χ1n) is 3.82. The molecule has 0 N–H and O–H groups in total. The van der Waals surface area contributed by atoms with Crippen LogP contribution < -0.4 is 0 Å². The quantitative estimate of drug-likeness (QED) is 0.344. The van der Waals surface area contributed by atoms with Crippen molar-refractivity contribution in [3.05, 3.63) is 17.0 Å². The van der Waals surface area contributed by atoms with Gasteiger partial charge in [0, 0.05) is 5.69 Å². The molecule has 0 bridgehead atoms. The van der Waals surface area contributed by atoms with E-state index in [0.717, 1.165) is 5.69 Å². The van der Waals surface area contributed by atoms with E-state index in [1.807, 2.05) is 6.92 Å². The first-order chi connectivity index (χ1) is 6.61. The van der Waals surface area contributed by atoms with Crippen molar-refractivity contribution in [2.45, 2.75) is 11.9 Å². The van der Waals surface area contributed by atoms with E-state index in [4.69, 9.17) is 11.6 Å². The lowest BCUT2D eigenvalue weighted by atomic mass is 10.5. The van der Waals surface area contributed by atoms with Gasteiger partial charge in [-0.1, -0.05) is 11.8 Å². The number of thioether (sulfide) groups is 1. The number of halogens is 1. The van der Waals surface area contributed by atoms with Gasteiger partial charge in [-0.2, -0.15) is 0 Å². The molecule has 0 aliphatic heterocycles. The first kappa shape index (κ1) is 11.3. The zero-order valence-electron chi connectivity index (χ0n) is 7.78. The zero-order valence-corrected chi connectivity index (χ0v) is 9.35. The van der Waals surface area contributed by atoms with Crippen molar-refractivity contribution in [3.63, 3.8) is 0 Å². The van der Waals surface area contributed by atoms with Crippen LogP contribution in [0.1, 0.15) is 5.69 Å². The van der Waals surface area contributed by atoms with Crippen molar-refractivity contribution in [2.24, 2.45) is 0 Å². The molecule has 0 unspecified atom stereocenters. The second kappa shape index (κ2) is 5.17. The molecule has 1 rings (SSSR count). The number of hydrogen-bond donors (Lipinski definition) is 0. The van der Waals surface area contributed by atoms with Gasteiger partial charge in [0.15, 0.2) is 0 Å². The predicted octanol–water partition coefficient (Wildman–Crippen LogP) is 1.70. The van der Waals surface area contributed by atoms with Gasteiger partial charge in [-0.25, -0.2) is 9.97 Å².